The average Bonchev–Trinajstić information content (AvgIpc) is 2.92. The molecule has 3 aromatic rings. The molecule has 0 unspecified atom stereocenters. The molecule has 1 atom stereocenters. The van der Waals surface area contributed by atoms with E-state index in [0.29, 0.717) is 0 Å². The molecule has 0 fully saturated rings. The standard InChI is InChI=1S/C22H22BrN3OS/c1-15-20(21(23)16(2)26(15)18-10-6-4-7-11-18)14-24-25-22(27)17(3)28-19-12-8-5-9-13-19/h4-14,17H,1-3H3,(H,25,27)/b24-14-/t17-/m0/s1. The lowest BCUT2D eigenvalue weighted by Gasteiger charge is -2.09. The first-order valence-corrected chi connectivity index (χ1v) is 10.6. The van der Waals surface area contributed by atoms with E-state index >= 15 is 0 Å². The van der Waals surface area contributed by atoms with Gasteiger partial charge in [-0.3, -0.25) is 4.79 Å². The van der Waals surface area contributed by atoms with Crippen LogP contribution < -0.4 is 5.43 Å². The summed E-state index contributed by atoms with van der Waals surface area (Å²) in [6.07, 6.45) is 1.70. The van der Waals surface area contributed by atoms with E-state index in [0.717, 1.165) is 32.0 Å². The van der Waals surface area contributed by atoms with Gasteiger partial charge in [-0.15, -0.1) is 11.8 Å². The van der Waals surface area contributed by atoms with Crippen LogP contribution >= 0.6 is 27.7 Å². The van der Waals surface area contributed by atoms with Gasteiger partial charge >= 0.3 is 0 Å². The van der Waals surface area contributed by atoms with Crippen LogP contribution in [0.3, 0.4) is 0 Å². The molecular formula is C22H22BrN3OS. The molecule has 0 aliphatic carbocycles. The van der Waals surface area contributed by atoms with Crippen molar-refractivity contribution in [3.8, 4) is 5.69 Å². The molecule has 4 nitrogen and oxygen atoms in total. The number of nitrogens with zero attached hydrogens (tertiary/aromatic N) is 2. The minimum absolute atomic E-state index is 0.127. The van der Waals surface area contributed by atoms with E-state index in [9.17, 15) is 4.79 Å². The zero-order valence-electron chi connectivity index (χ0n) is 16.0. The molecule has 3 rings (SSSR count). The van der Waals surface area contributed by atoms with Gasteiger partial charge in [-0.05, 0) is 61.0 Å². The number of amides is 1. The van der Waals surface area contributed by atoms with Crippen molar-refractivity contribution in [3.63, 3.8) is 0 Å². The lowest BCUT2D eigenvalue weighted by atomic mass is 10.2. The minimum atomic E-state index is -0.236. The van der Waals surface area contributed by atoms with E-state index in [1.807, 2.05) is 62.4 Å². The summed E-state index contributed by atoms with van der Waals surface area (Å²) in [4.78, 5) is 13.4. The smallest absolute Gasteiger partial charge is 0.253 e. The first-order chi connectivity index (χ1) is 13.5. The molecule has 0 saturated heterocycles. The number of aromatic nitrogens is 1. The fourth-order valence-electron chi connectivity index (χ4n) is 2.95. The highest BCUT2D eigenvalue weighted by atomic mass is 79.9. The van der Waals surface area contributed by atoms with E-state index < -0.39 is 0 Å². The van der Waals surface area contributed by atoms with Crippen molar-refractivity contribution in [2.75, 3.05) is 0 Å². The van der Waals surface area contributed by atoms with Crippen LogP contribution in [0.1, 0.15) is 23.9 Å². The lowest BCUT2D eigenvalue weighted by Crippen LogP contribution is -2.26. The summed E-state index contributed by atoms with van der Waals surface area (Å²) < 4.78 is 3.14. The predicted octanol–water partition coefficient (Wildman–Crippen LogP) is 5.49. The van der Waals surface area contributed by atoms with Crippen molar-refractivity contribution in [3.05, 3.63) is 82.1 Å². The Bertz CT molecular complexity index is 984. The van der Waals surface area contributed by atoms with Crippen molar-refractivity contribution in [2.45, 2.75) is 30.9 Å². The molecule has 1 heterocycles. The second-order valence-electron chi connectivity index (χ2n) is 6.38. The molecule has 144 valence electrons. The fourth-order valence-corrected chi connectivity index (χ4v) is 4.40. The number of hydrogen-bond acceptors (Lipinski definition) is 3. The SMILES string of the molecule is Cc1c(Br)c(/C=N\NC(=O)[C@H](C)Sc2ccccc2)c(C)n1-c1ccccc1. The Balaban J connectivity index is 1.71. The first kappa shape index (κ1) is 20.4. The number of thioether (sulfide) groups is 1. The Morgan fingerprint density at radius 2 is 1.68 bits per heavy atom. The van der Waals surface area contributed by atoms with E-state index in [4.69, 9.17) is 0 Å². The van der Waals surface area contributed by atoms with Crippen molar-refractivity contribution >= 4 is 39.8 Å². The van der Waals surface area contributed by atoms with Crippen molar-refractivity contribution in [2.24, 2.45) is 5.10 Å². The third-order valence-corrected chi connectivity index (χ3v) is 6.54. The zero-order valence-corrected chi connectivity index (χ0v) is 18.4. The van der Waals surface area contributed by atoms with Gasteiger partial charge in [-0.25, -0.2) is 5.43 Å². The summed E-state index contributed by atoms with van der Waals surface area (Å²) in [5, 5.41) is 3.96. The molecule has 0 spiro atoms. The van der Waals surface area contributed by atoms with Gasteiger partial charge in [0.05, 0.1) is 11.5 Å². The number of hydrazone groups is 1. The highest BCUT2D eigenvalue weighted by Crippen LogP contribution is 2.29. The van der Waals surface area contributed by atoms with Crippen LogP contribution in [-0.4, -0.2) is 21.9 Å². The molecule has 1 amide bonds. The summed E-state index contributed by atoms with van der Waals surface area (Å²) in [7, 11) is 0. The van der Waals surface area contributed by atoms with Crippen LogP contribution in [0.2, 0.25) is 0 Å². The summed E-state index contributed by atoms with van der Waals surface area (Å²) in [6, 6.07) is 20.0. The van der Waals surface area contributed by atoms with Crippen molar-refractivity contribution in [1.29, 1.82) is 0 Å². The van der Waals surface area contributed by atoms with E-state index in [2.05, 4.69) is 50.1 Å². The van der Waals surface area contributed by atoms with Gasteiger partial charge in [-0.1, -0.05) is 36.4 Å². The molecule has 1 N–H and O–H groups in total. The Morgan fingerprint density at radius 3 is 2.32 bits per heavy atom. The highest BCUT2D eigenvalue weighted by Gasteiger charge is 2.16. The molecule has 28 heavy (non-hydrogen) atoms. The predicted molar refractivity (Wildman–Crippen MR) is 120 cm³/mol. The normalized spacial score (nSPS) is 12.3. The molecule has 0 aliphatic heterocycles. The van der Waals surface area contributed by atoms with Gasteiger partial charge in [0.25, 0.3) is 5.91 Å². The number of nitrogens with one attached hydrogen (secondary N) is 1. The number of para-hydroxylation sites is 1. The second kappa shape index (κ2) is 9.26. The number of benzene rings is 2. The number of hydrogen-bond donors (Lipinski definition) is 1. The van der Waals surface area contributed by atoms with Crippen LogP contribution in [0.15, 0.2) is 75.1 Å². The largest absolute Gasteiger partial charge is 0.317 e. The van der Waals surface area contributed by atoms with Gasteiger partial charge in [0.2, 0.25) is 0 Å². The Morgan fingerprint density at radius 1 is 1.07 bits per heavy atom. The Labute approximate surface area is 178 Å². The number of carbonyl (C=O) groups excluding carboxylic acids is 1. The molecule has 0 radical (unpaired) electrons. The maximum Gasteiger partial charge on any atom is 0.253 e. The van der Waals surface area contributed by atoms with Crippen LogP contribution in [0.25, 0.3) is 5.69 Å². The molecule has 6 heteroatoms. The van der Waals surface area contributed by atoms with Crippen molar-refractivity contribution in [1.82, 2.24) is 9.99 Å². The summed E-state index contributed by atoms with van der Waals surface area (Å²) in [5.74, 6) is -0.127. The summed E-state index contributed by atoms with van der Waals surface area (Å²) >= 11 is 5.17. The topological polar surface area (TPSA) is 46.4 Å². The molecule has 0 aliphatic rings. The monoisotopic (exact) mass is 455 g/mol. The maximum absolute atomic E-state index is 12.3. The number of rotatable bonds is 6. The highest BCUT2D eigenvalue weighted by molar-refractivity contribution is 9.10. The van der Waals surface area contributed by atoms with Crippen LogP contribution in [0, 0.1) is 13.8 Å². The molecule has 2 aromatic carbocycles. The van der Waals surface area contributed by atoms with Crippen molar-refractivity contribution < 1.29 is 4.79 Å². The Kier molecular flexibility index (Phi) is 6.75. The van der Waals surface area contributed by atoms with E-state index in [1.165, 1.54) is 11.8 Å². The van der Waals surface area contributed by atoms with Gasteiger partial charge in [0, 0.05) is 32.0 Å². The first-order valence-electron chi connectivity index (χ1n) is 8.96. The third-order valence-electron chi connectivity index (χ3n) is 4.42. The lowest BCUT2D eigenvalue weighted by molar-refractivity contribution is -0.120. The Hall–Kier alpha value is -2.31. The summed E-state index contributed by atoms with van der Waals surface area (Å²) in [6.45, 7) is 5.97. The molecule has 0 saturated carbocycles. The third kappa shape index (κ3) is 4.56. The second-order valence-corrected chi connectivity index (χ2v) is 8.58. The quantitative estimate of drug-likeness (QED) is 0.303. The van der Waals surface area contributed by atoms with E-state index in [1.54, 1.807) is 6.21 Å². The van der Waals surface area contributed by atoms with Gasteiger partial charge < -0.3 is 4.57 Å². The molecule has 0 bridgehead atoms. The minimum Gasteiger partial charge on any atom is -0.317 e. The number of halogens is 1. The molecular weight excluding hydrogens is 434 g/mol. The maximum atomic E-state index is 12.3. The fraction of sp³-hybridized carbons (Fsp3) is 0.182. The van der Waals surface area contributed by atoms with E-state index in [-0.39, 0.29) is 11.2 Å². The van der Waals surface area contributed by atoms with Crippen LogP contribution in [0.4, 0.5) is 0 Å². The zero-order chi connectivity index (χ0) is 20.1. The van der Waals surface area contributed by atoms with Crippen LogP contribution in [0.5, 0.6) is 0 Å². The van der Waals surface area contributed by atoms with Gasteiger partial charge in [0.15, 0.2) is 0 Å². The van der Waals surface area contributed by atoms with Gasteiger partial charge in [0.1, 0.15) is 0 Å². The average molecular weight is 456 g/mol. The summed E-state index contributed by atoms with van der Waals surface area (Å²) in [5.41, 5.74) is 6.84. The van der Waals surface area contributed by atoms with Gasteiger partial charge in [-0.2, -0.15) is 5.10 Å². The number of carbonyl (C=O) groups is 1. The molecule has 1 aromatic heterocycles. The van der Waals surface area contributed by atoms with Crippen LogP contribution in [-0.2, 0) is 4.79 Å².